The molecule has 20 heavy (non-hydrogen) atoms. The number of carboxylic acids is 1. The van der Waals surface area contributed by atoms with Crippen LogP contribution in [0.5, 0.6) is 0 Å². The van der Waals surface area contributed by atoms with E-state index in [1.165, 1.54) is 0 Å². The Morgan fingerprint density at radius 3 is 2.30 bits per heavy atom. The fraction of sp³-hybridized carbons (Fsp3) is 0.867. The Bertz CT molecular complexity index is 342. The van der Waals surface area contributed by atoms with E-state index in [1.54, 1.807) is 0 Å². The molecular weight excluding hydrogens is 256 g/mol. The standard InChI is InChI=1S/C15H28N2O3/c1-11(14(20)16-15(2,3)4)17-9-7-12(8-10-17)5-6-13(18)19/h11-12H,5-10H2,1-4H3,(H,16,20)(H,18,19). The van der Waals surface area contributed by atoms with Crippen molar-refractivity contribution in [2.45, 2.75) is 65.0 Å². The van der Waals surface area contributed by atoms with E-state index in [2.05, 4.69) is 10.2 Å². The average molecular weight is 284 g/mol. The van der Waals surface area contributed by atoms with Crippen molar-refractivity contribution in [3.05, 3.63) is 0 Å². The maximum atomic E-state index is 12.1. The predicted molar refractivity (Wildman–Crippen MR) is 78.5 cm³/mol. The van der Waals surface area contributed by atoms with Gasteiger partial charge in [-0.15, -0.1) is 0 Å². The first kappa shape index (κ1) is 17.0. The number of amides is 1. The zero-order valence-electron chi connectivity index (χ0n) is 13.1. The molecule has 0 radical (unpaired) electrons. The lowest BCUT2D eigenvalue weighted by atomic mass is 9.91. The summed E-state index contributed by atoms with van der Waals surface area (Å²) in [5.74, 6) is -0.160. The molecule has 5 heteroatoms. The molecule has 1 fully saturated rings. The molecular formula is C15H28N2O3. The molecule has 0 aromatic rings. The van der Waals surface area contributed by atoms with Crippen molar-refractivity contribution in [1.29, 1.82) is 0 Å². The van der Waals surface area contributed by atoms with Gasteiger partial charge in [0.1, 0.15) is 0 Å². The van der Waals surface area contributed by atoms with Gasteiger partial charge in [0.2, 0.25) is 5.91 Å². The normalized spacial score (nSPS) is 19.6. The van der Waals surface area contributed by atoms with E-state index in [4.69, 9.17) is 5.11 Å². The molecule has 1 aliphatic heterocycles. The number of nitrogens with one attached hydrogen (secondary N) is 1. The number of likely N-dealkylation sites (tertiary alicyclic amines) is 1. The van der Waals surface area contributed by atoms with Gasteiger partial charge in [0.05, 0.1) is 6.04 Å². The molecule has 0 aliphatic carbocycles. The van der Waals surface area contributed by atoms with E-state index in [-0.39, 0.29) is 23.9 Å². The summed E-state index contributed by atoms with van der Waals surface area (Å²) in [7, 11) is 0. The minimum Gasteiger partial charge on any atom is -0.481 e. The molecule has 0 aromatic heterocycles. The van der Waals surface area contributed by atoms with Gasteiger partial charge < -0.3 is 10.4 Å². The van der Waals surface area contributed by atoms with E-state index in [0.717, 1.165) is 32.4 Å². The smallest absolute Gasteiger partial charge is 0.303 e. The van der Waals surface area contributed by atoms with Crippen molar-refractivity contribution in [3.63, 3.8) is 0 Å². The average Bonchev–Trinajstić information content (AvgIpc) is 2.34. The van der Waals surface area contributed by atoms with Crippen LogP contribution in [0.15, 0.2) is 0 Å². The van der Waals surface area contributed by atoms with Crippen LogP contribution in [0, 0.1) is 5.92 Å². The van der Waals surface area contributed by atoms with Gasteiger partial charge in [-0.2, -0.15) is 0 Å². The van der Waals surface area contributed by atoms with Crippen LogP contribution in [0.1, 0.15) is 53.4 Å². The summed E-state index contributed by atoms with van der Waals surface area (Å²) in [6.07, 6.45) is 2.98. The van der Waals surface area contributed by atoms with Crippen LogP contribution < -0.4 is 5.32 Å². The summed E-state index contributed by atoms with van der Waals surface area (Å²) >= 11 is 0. The highest BCUT2D eigenvalue weighted by molar-refractivity contribution is 5.81. The Balaban J connectivity index is 2.37. The Morgan fingerprint density at radius 1 is 1.30 bits per heavy atom. The molecule has 1 aliphatic rings. The molecule has 1 unspecified atom stereocenters. The molecule has 0 aromatic carbocycles. The molecule has 1 heterocycles. The number of rotatable bonds is 5. The number of carboxylic acid groups (broad SMARTS) is 1. The van der Waals surface area contributed by atoms with E-state index >= 15 is 0 Å². The van der Waals surface area contributed by atoms with Crippen LogP contribution in [-0.4, -0.2) is 46.6 Å². The minimum atomic E-state index is -0.717. The highest BCUT2D eigenvalue weighted by atomic mass is 16.4. The zero-order chi connectivity index (χ0) is 15.3. The fourth-order valence-corrected chi connectivity index (χ4v) is 2.60. The number of carbonyl (C=O) groups is 2. The third-order valence-electron chi connectivity index (χ3n) is 3.84. The van der Waals surface area contributed by atoms with Crippen LogP contribution >= 0.6 is 0 Å². The highest BCUT2D eigenvalue weighted by Crippen LogP contribution is 2.23. The molecule has 5 nitrogen and oxygen atoms in total. The Kier molecular flexibility index (Phi) is 5.99. The lowest BCUT2D eigenvalue weighted by Crippen LogP contribution is -2.52. The van der Waals surface area contributed by atoms with Gasteiger partial charge in [0, 0.05) is 12.0 Å². The lowest BCUT2D eigenvalue weighted by molar-refractivity contribution is -0.137. The van der Waals surface area contributed by atoms with Crippen molar-refractivity contribution in [3.8, 4) is 0 Å². The molecule has 1 rings (SSSR count). The Hall–Kier alpha value is -1.10. The van der Waals surface area contributed by atoms with Crippen molar-refractivity contribution >= 4 is 11.9 Å². The summed E-state index contributed by atoms with van der Waals surface area (Å²) in [5.41, 5.74) is -0.203. The van der Waals surface area contributed by atoms with Crippen LogP contribution in [0.3, 0.4) is 0 Å². The summed E-state index contributed by atoms with van der Waals surface area (Å²) in [4.78, 5) is 24.9. The number of hydrogen-bond acceptors (Lipinski definition) is 3. The van der Waals surface area contributed by atoms with E-state index in [0.29, 0.717) is 5.92 Å². The molecule has 0 bridgehead atoms. The highest BCUT2D eigenvalue weighted by Gasteiger charge is 2.28. The molecule has 1 amide bonds. The number of nitrogens with zero attached hydrogens (tertiary/aromatic N) is 1. The first-order chi connectivity index (χ1) is 9.19. The zero-order valence-corrected chi connectivity index (χ0v) is 13.1. The number of hydrogen-bond donors (Lipinski definition) is 2. The Morgan fingerprint density at radius 2 is 1.85 bits per heavy atom. The summed E-state index contributed by atoms with van der Waals surface area (Å²) in [5, 5.41) is 11.7. The van der Waals surface area contributed by atoms with Gasteiger partial charge in [-0.3, -0.25) is 14.5 Å². The van der Waals surface area contributed by atoms with Gasteiger partial charge in [-0.05, 0) is 66.0 Å². The first-order valence-electron chi connectivity index (χ1n) is 7.47. The van der Waals surface area contributed by atoms with Crippen LogP contribution in [0.4, 0.5) is 0 Å². The molecule has 0 spiro atoms. The second-order valence-corrected chi connectivity index (χ2v) is 6.83. The van der Waals surface area contributed by atoms with E-state index < -0.39 is 5.97 Å². The minimum absolute atomic E-state index is 0.0708. The Labute approximate surface area is 121 Å². The van der Waals surface area contributed by atoms with Crippen LogP contribution in [0.2, 0.25) is 0 Å². The van der Waals surface area contributed by atoms with Crippen LogP contribution in [0.25, 0.3) is 0 Å². The van der Waals surface area contributed by atoms with Crippen molar-refractivity contribution in [2.24, 2.45) is 5.92 Å². The second-order valence-electron chi connectivity index (χ2n) is 6.83. The maximum absolute atomic E-state index is 12.1. The van der Waals surface area contributed by atoms with Crippen LogP contribution in [-0.2, 0) is 9.59 Å². The molecule has 1 saturated heterocycles. The number of aliphatic carboxylic acids is 1. The molecule has 0 saturated carbocycles. The van der Waals surface area contributed by atoms with E-state index in [1.807, 2.05) is 27.7 Å². The van der Waals surface area contributed by atoms with Crippen molar-refractivity contribution in [1.82, 2.24) is 10.2 Å². The summed E-state index contributed by atoms with van der Waals surface area (Å²) in [6, 6.07) is -0.116. The van der Waals surface area contributed by atoms with Crippen molar-refractivity contribution in [2.75, 3.05) is 13.1 Å². The SMILES string of the molecule is CC(C(=O)NC(C)(C)C)N1CCC(CCC(=O)O)CC1. The van der Waals surface area contributed by atoms with Gasteiger partial charge in [0.25, 0.3) is 0 Å². The largest absolute Gasteiger partial charge is 0.481 e. The predicted octanol–water partition coefficient (Wildman–Crippen LogP) is 1.87. The quantitative estimate of drug-likeness (QED) is 0.808. The van der Waals surface area contributed by atoms with Gasteiger partial charge in [-0.1, -0.05) is 0 Å². The summed E-state index contributed by atoms with van der Waals surface area (Å²) in [6.45, 7) is 9.64. The molecule has 1 atom stereocenters. The fourth-order valence-electron chi connectivity index (χ4n) is 2.60. The third kappa shape index (κ3) is 5.90. The second kappa shape index (κ2) is 7.07. The lowest BCUT2D eigenvalue weighted by Gasteiger charge is -2.36. The van der Waals surface area contributed by atoms with Gasteiger partial charge >= 0.3 is 5.97 Å². The third-order valence-corrected chi connectivity index (χ3v) is 3.84. The number of piperidine rings is 1. The number of carbonyl (C=O) groups excluding carboxylic acids is 1. The topological polar surface area (TPSA) is 69.6 Å². The monoisotopic (exact) mass is 284 g/mol. The van der Waals surface area contributed by atoms with Gasteiger partial charge in [-0.25, -0.2) is 0 Å². The first-order valence-corrected chi connectivity index (χ1v) is 7.47. The molecule has 116 valence electrons. The molecule has 2 N–H and O–H groups in total. The van der Waals surface area contributed by atoms with E-state index in [9.17, 15) is 9.59 Å². The summed E-state index contributed by atoms with van der Waals surface area (Å²) < 4.78 is 0. The maximum Gasteiger partial charge on any atom is 0.303 e. The van der Waals surface area contributed by atoms with Gasteiger partial charge in [0.15, 0.2) is 0 Å². The van der Waals surface area contributed by atoms with Crippen molar-refractivity contribution < 1.29 is 14.7 Å².